The van der Waals surface area contributed by atoms with E-state index in [0.717, 1.165) is 13.8 Å². The van der Waals surface area contributed by atoms with Crippen LogP contribution in [0.5, 0.6) is 0 Å². The topological polar surface area (TPSA) is 40.5 Å². The minimum Gasteiger partial charge on any atom is -0.393 e. The third kappa shape index (κ3) is 9.02. The van der Waals surface area contributed by atoms with E-state index in [1.54, 1.807) is 0 Å². The van der Waals surface area contributed by atoms with E-state index in [-0.39, 0.29) is 0 Å². The molecule has 1 unspecified atom stereocenters. The van der Waals surface area contributed by atoms with E-state index in [0.29, 0.717) is 6.92 Å². The van der Waals surface area contributed by atoms with Crippen molar-refractivity contribution in [3.63, 3.8) is 0 Å². The van der Waals surface area contributed by atoms with Crippen molar-refractivity contribution in [1.29, 1.82) is 0 Å². The third-order valence-electron chi connectivity index (χ3n) is 2.43. The van der Waals surface area contributed by atoms with E-state index >= 15 is 0 Å². The molecule has 0 rings (SSSR count). The van der Waals surface area contributed by atoms with Gasteiger partial charge in [0.15, 0.2) is 5.92 Å². The van der Waals surface area contributed by atoms with Crippen molar-refractivity contribution >= 4 is 0 Å². The van der Waals surface area contributed by atoms with Gasteiger partial charge < -0.3 is 10.2 Å². The van der Waals surface area contributed by atoms with Gasteiger partial charge in [-0.3, -0.25) is 0 Å². The fourth-order valence-electron chi connectivity index (χ4n) is 1.01. The molecule has 0 heterocycles. The normalized spacial score (nSPS) is 17.9. The van der Waals surface area contributed by atoms with E-state index < -0.39 is 42.6 Å². The number of halogens is 9. The molecule has 0 spiro atoms. The van der Waals surface area contributed by atoms with Crippen LogP contribution in [-0.4, -0.2) is 40.9 Å². The van der Waals surface area contributed by atoms with Crippen LogP contribution in [0.3, 0.4) is 0 Å². The average molecular weight is 338 g/mol. The van der Waals surface area contributed by atoms with Gasteiger partial charge in [0.2, 0.25) is 0 Å². The van der Waals surface area contributed by atoms with Crippen molar-refractivity contribution in [2.24, 2.45) is 11.8 Å². The lowest BCUT2D eigenvalue weighted by Gasteiger charge is -2.24. The molecule has 0 fully saturated rings. The summed E-state index contributed by atoms with van der Waals surface area (Å²) in [4.78, 5) is 0. The smallest absolute Gasteiger partial charge is 0.393 e. The quantitative estimate of drug-likeness (QED) is 0.754. The Morgan fingerprint density at radius 1 is 0.571 bits per heavy atom. The molecule has 0 aromatic rings. The number of hydrogen-bond donors (Lipinski definition) is 2. The van der Waals surface area contributed by atoms with Gasteiger partial charge in [-0.25, -0.2) is 0 Å². The first-order valence-corrected chi connectivity index (χ1v) is 5.48. The lowest BCUT2D eigenvalue weighted by molar-refractivity contribution is -0.304. The highest BCUT2D eigenvalue weighted by atomic mass is 19.4. The fourth-order valence-corrected chi connectivity index (χ4v) is 1.01. The summed E-state index contributed by atoms with van der Waals surface area (Å²) >= 11 is 0. The van der Waals surface area contributed by atoms with Gasteiger partial charge in [0.05, 0.1) is 18.1 Å². The highest BCUT2D eigenvalue weighted by Gasteiger charge is 2.58. The Hall–Kier alpha value is -0.710. The first-order valence-electron chi connectivity index (χ1n) is 5.48. The van der Waals surface area contributed by atoms with Crippen LogP contribution in [0.1, 0.15) is 20.8 Å². The maximum absolute atomic E-state index is 11.6. The monoisotopic (exact) mass is 338 g/mol. The summed E-state index contributed by atoms with van der Waals surface area (Å²) in [6, 6.07) is 0. The van der Waals surface area contributed by atoms with Crippen molar-refractivity contribution in [2.75, 3.05) is 0 Å². The summed E-state index contributed by atoms with van der Waals surface area (Å²) in [7, 11) is 0. The van der Waals surface area contributed by atoms with E-state index in [2.05, 4.69) is 0 Å². The van der Waals surface area contributed by atoms with Crippen LogP contribution in [0.2, 0.25) is 0 Å². The second kappa shape index (κ2) is 7.52. The van der Waals surface area contributed by atoms with Gasteiger partial charge in [0.25, 0.3) is 0 Å². The van der Waals surface area contributed by atoms with E-state index in [9.17, 15) is 39.5 Å². The van der Waals surface area contributed by atoms with Gasteiger partial charge >= 0.3 is 18.5 Å². The van der Waals surface area contributed by atoms with Gasteiger partial charge in [-0.2, -0.15) is 39.5 Å². The summed E-state index contributed by atoms with van der Waals surface area (Å²) in [6.07, 6.45) is -19.0. The van der Waals surface area contributed by atoms with Crippen molar-refractivity contribution in [1.82, 2.24) is 0 Å². The number of alkyl halides is 9. The maximum atomic E-state index is 11.6. The molecule has 0 radical (unpaired) electrons. The van der Waals surface area contributed by atoms with E-state index in [1.807, 2.05) is 0 Å². The zero-order chi connectivity index (χ0) is 17.8. The molecule has 0 saturated carbocycles. The molecule has 0 aliphatic carbocycles. The fraction of sp³-hybridized carbons (Fsp3) is 1.00. The van der Waals surface area contributed by atoms with Crippen LogP contribution in [-0.2, 0) is 0 Å². The zero-order valence-electron chi connectivity index (χ0n) is 11.1. The average Bonchev–Trinajstić information content (AvgIpc) is 2.09. The summed E-state index contributed by atoms with van der Waals surface area (Å²) in [6.45, 7) is 2.52. The molecule has 11 heteroatoms. The Bertz CT molecular complexity index is 276. The molecule has 21 heavy (non-hydrogen) atoms. The Balaban J connectivity index is 0. The van der Waals surface area contributed by atoms with Gasteiger partial charge in [0.1, 0.15) is 0 Å². The predicted molar refractivity (Wildman–Crippen MR) is 54.2 cm³/mol. The number of aliphatic hydroxyl groups excluding tert-OH is 2. The van der Waals surface area contributed by atoms with Crippen molar-refractivity contribution in [3.8, 4) is 0 Å². The molecule has 0 saturated heterocycles. The Morgan fingerprint density at radius 3 is 0.857 bits per heavy atom. The molecule has 0 bridgehead atoms. The molecule has 130 valence electrons. The van der Waals surface area contributed by atoms with Gasteiger partial charge in [-0.05, 0) is 13.8 Å². The van der Waals surface area contributed by atoms with Crippen LogP contribution < -0.4 is 0 Å². The Labute approximate surface area is 114 Å². The molecular formula is C10H15F9O2. The minimum absolute atomic E-state index is 0.450. The molecule has 0 aliphatic rings. The van der Waals surface area contributed by atoms with E-state index in [4.69, 9.17) is 10.2 Å². The van der Waals surface area contributed by atoms with Crippen molar-refractivity contribution in [2.45, 2.75) is 51.5 Å². The number of aliphatic hydroxyl groups is 2. The lowest BCUT2D eigenvalue weighted by atomic mass is 10.0. The van der Waals surface area contributed by atoms with Gasteiger partial charge in [0, 0.05) is 0 Å². The first-order chi connectivity index (χ1) is 8.92. The molecule has 0 aromatic carbocycles. The summed E-state index contributed by atoms with van der Waals surface area (Å²) in [5.74, 6) is -5.29. The molecular weight excluding hydrogens is 323 g/mol. The van der Waals surface area contributed by atoms with Crippen molar-refractivity contribution < 1.29 is 49.7 Å². The zero-order valence-corrected chi connectivity index (χ0v) is 11.1. The van der Waals surface area contributed by atoms with Crippen LogP contribution in [0, 0.1) is 11.8 Å². The SMILES string of the molecule is CC([C@H](C)O)C(F)(F)F.C[C@H](O)C(C(F)(F)F)C(F)(F)F. The molecule has 2 nitrogen and oxygen atoms in total. The van der Waals surface area contributed by atoms with Crippen LogP contribution in [0.25, 0.3) is 0 Å². The molecule has 3 atom stereocenters. The van der Waals surface area contributed by atoms with Gasteiger partial charge in [-0.1, -0.05) is 6.92 Å². The van der Waals surface area contributed by atoms with Crippen LogP contribution in [0.4, 0.5) is 39.5 Å². The largest absolute Gasteiger partial charge is 0.402 e. The summed E-state index contributed by atoms with van der Waals surface area (Å²) < 4.78 is 104. The highest BCUT2D eigenvalue weighted by Crippen LogP contribution is 2.41. The standard InChI is InChI=1S/C5H6F6O.C5H9F3O/c1-2(12)3(4(6,7)8)5(9,10)11;1-3(4(2)9)5(6,7)8/h2-3,12H,1H3;3-4,9H,1-2H3/t2-;3?,4-/m00/s1. The Kier molecular flexibility index (Phi) is 8.08. The van der Waals surface area contributed by atoms with Gasteiger partial charge in [-0.15, -0.1) is 0 Å². The van der Waals surface area contributed by atoms with Crippen molar-refractivity contribution in [3.05, 3.63) is 0 Å². The molecule has 0 amide bonds. The van der Waals surface area contributed by atoms with Crippen LogP contribution in [0.15, 0.2) is 0 Å². The van der Waals surface area contributed by atoms with E-state index in [1.165, 1.54) is 0 Å². The summed E-state index contributed by atoms with van der Waals surface area (Å²) in [5.41, 5.74) is 0. The first kappa shape index (κ1) is 22.6. The molecule has 0 aromatic heterocycles. The second-order valence-corrected chi connectivity index (χ2v) is 4.37. The Morgan fingerprint density at radius 2 is 0.857 bits per heavy atom. The van der Waals surface area contributed by atoms with Crippen LogP contribution >= 0.6 is 0 Å². The lowest BCUT2D eigenvalue weighted by Crippen LogP contribution is -2.43. The predicted octanol–water partition coefficient (Wildman–Crippen LogP) is 3.67. The number of hydrogen-bond acceptors (Lipinski definition) is 2. The maximum Gasteiger partial charge on any atom is 0.402 e. The summed E-state index contributed by atoms with van der Waals surface area (Å²) in [5, 5.41) is 16.7. The molecule has 2 N–H and O–H groups in total. The third-order valence-corrected chi connectivity index (χ3v) is 2.43. The molecule has 0 aliphatic heterocycles. The minimum atomic E-state index is -5.45. The second-order valence-electron chi connectivity index (χ2n) is 4.37. The number of rotatable bonds is 2. The highest BCUT2D eigenvalue weighted by molar-refractivity contribution is 4.79.